The highest BCUT2D eigenvalue weighted by Crippen LogP contribution is 2.12. The summed E-state index contributed by atoms with van der Waals surface area (Å²) in [4.78, 5) is 10.2. The Morgan fingerprint density at radius 3 is 2.91 bits per heavy atom. The molecule has 8 nitrogen and oxygen atoms in total. The van der Waals surface area contributed by atoms with Crippen LogP contribution in [0.2, 0.25) is 0 Å². The minimum atomic E-state index is -2.97. The molecule has 22 heavy (non-hydrogen) atoms. The van der Waals surface area contributed by atoms with Crippen molar-refractivity contribution in [2.45, 2.75) is 12.5 Å². The average Bonchev–Trinajstić information content (AvgIpc) is 2.78. The summed E-state index contributed by atoms with van der Waals surface area (Å²) in [6.45, 7) is 0. The topological polar surface area (TPSA) is 114 Å². The molecule has 1 aliphatic heterocycles. The minimum Gasteiger partial charge on any atom is -0.358 e. The van der Waals surface area contributed by atoms with Crippen molar-refractivity contribution in [3.63, 3.8) is 0 Å². The van der Waals surface area contributed by atoms with Gasteiger partial charge in [0.25, 0.3) is 5.69 Å². The first-order chi connectivity index (χ1) is 10.4. The highest BCUT2D eigenvalue weighted by Gasteiger charge is 2.28. The highest BCUT2D eigenvalue weighted by atomic mass is 32.2. The third-order valence-electron chi connectivity index (χ3n) is 3.03. The number of rotatable bonds is 4. The van der Waals surface area contributed by atoms with Gasteiger partial charge in [0.1, 0.15) is 0 Å². The minimum absolute atomic E-state index is 0.0270. The third-order valence-corrected chi connectivity index (χ3v) is 5.01. The molecule has 0 aromatic heterocycles. The Kier molecular flexibility index (Phi) is 5.03. The van der Waals surface area contributed by atoms with Crippen LogP contribution in [0, 0.1) is 10.1 Å². The normalized spacial score (nSPS) is 19.9. The smallest absolute Gasteiger partial charge is 0.270 e. The summed E-state index contributed by atoms with van der Waals surface area (Å²) in [6, 6.07) is 5.78. The number of hydrogen-bond acceptors (Lipinski definition) is 6. The van der Waals surface area contributed by atoms with Crippen LogP contribution in [0.5, 0.6) is 0 Å². The maximum Gasteiger partial charge on any atom is 0.270 e. The van der Waals surface area contributed by atoms with E-state index < -0.39 is 14.8 Å². The van der Waals surface area contributed by atoms with Crippen molar-refractivity contribution in [1.29, 1.82) is 0 Å². The predicted molar refractivity (Wildman–Crippen MR) is 86.6 cm³/mol. The number of benzene rings is 1. The second-order valence-electron chi connectivity index (χ2n) is 4.80. The summed E-state index contributed by atoms with van der Waals surface area (Å²) in [5.74, 6) is 0.216. The van der Waals surface area contributed by atoms with Gasteiger partial charge in [0.2, 0.25) is 0 Å². The SMILES string of the molecule is O=[N+]([O-])c1cccc(/C=N\NC(=S)N[C@H]2CCS(=O)(=O)C2)c1. The number of thiocarbonyl (C=S) groups is 1. The molecule has 2 rings (SSSR count). The first kappa shape index (κ1) is 16.3. The van der Waals surface area contributed by atoms with Crippen LogP contribution in [0.25, 0.3) is 0 Å². The number of sulfone groups is 1. The standard InChI is InChI=1S/C12H14N4O4S2/c17-16(18)11-3-1-2-9(6-11)7-13-15-12(21)14-10-4-5-22(19,20)8-10/h1-3,6-7,10H,4-5,8H2,(H2,14,15,21)/b13-7-/t10-/m0/s1. The van der Waals surface area contributed by atoms with E-state index in [9.17, 15) is 18.5 Å². The number of nitrogens with one attached hydrogen (secondary N) is 2. The van der Waals surface area contributed by atoms with Gasteiger partial charge in [0.05, 0.1) is 22.6 Å². The molecule has 0 bridgehead atoms. The molecular formula is C12H14N4O4S2. The molecule has 2 N–H and O–H groups in total. The zero-order chi connectivity index (χ0) is 16.2. The lowest BCUT2D eigenvalue weighted by Gasteiger charge is -2.11. The fourth-order valence-electron chi connectivity index (χ4n) is 2.01. The Balaban J connectivity index is 1.86. The van der Waals surface area contributed by atoms with Crippen LogP contribution in [0.4, 0.5) is 5.69 Å². The van der Waals surface area contributed by atoms with Crippen molar-refractivity contribution in [2.75, 3.05) is 11.5 Å². The molecule has 0 spiro atoms. The average molecular weight is 342 g/mol. The molecule has 0 unspecified atom stereocenters. The molecule has 10 heteroatoms. The lowest BCUT2D eigenvalue weighted by Crippen LogP contribution is -2.40. The second kappa shape index (κ2) is 6.79. The molecule has 118 valence electrons. The van der Waals surface area contributed by atoms with E-state index in [0.29, 0.717) is 12.0 Å². The van der Waals surface area contributed by atoms with Crippen LogP contribution in [0.15, 0.2) is 29.4 Å². The van der Waals surface area contributed by atoms with E-state index >= 15 is 0 Å². The molecule has 1 atom stereocenters. The van der Waals surface area contributed by atoms with E-state index in [1.54, 1.807) is 12.1 Å². The summed E-state index contributed by atoms with van der Waals surface area (Å²) in [7, 11) is -2.97. The Morgan fingerprint density at radius 2 is 2.27 bits per heavy atom. The summed E-state index contributed by atoms with van der Waals surface area (Å²) >= 11 is 5.01. The van der Waals surface area contributed by atoms with Gasteiger partial charge in [-0.1, -0.05) is 12.1 Å². The molecule has 1 aliphatic rings. The number of nitro groups is 1. The fraction of sp³-hybridized carbons (Fsp3) is 0.333. The first-order valence-corrected chi connectivity index (χ1v) is 8.63. The van der Waals surface area contributed by atoms with Crippen LogP contribution < -0.4 is 10.7 Å². The van der Waals surface area contributed by atoms with Crippen molar-refractivity contribution in [3.05, 3.63) is 39.9 Å². The Hall–Kier alpha value is -2.07. The van der Waals surface area contributed by atoms with Crippen molar-refractivity contribution < 1.29 is 13.3 Å². The van der Waals surface area contributed by atoms with Crippen LogP contribution >= 0.6 is 12.2 Å². The molecular weight excluding hydrogens is 328 g/mol. The van der Waals surface area contributed by atoms with E-state index in [1.807, 2.05) is 0 Å². The Bertz CT molecular complexity index is 718. The number of hydrogen-bond donors (Lipinski definition) is 2. The third kappa shape index (κ3) is 4.74. The molecule has 0 amide bonds. The summed E-state index contributed by atoms with van der Waals surface area (Å²) in [6.07, 6.45) is 1.91. The van der Waals surface area contributed by atoms with Crippen LogP contribution in [-0.2, 0) is 9.84 Å². The van der Waals surface area contributed by atoms with Gasteiger partial charge >= 0.3 is 0 Å². The molecule has 1 heterocycles. The van der Waals surface area contributed by atoms with Crippen molar-refractivity contribution >= 4 is 39.1 Å². The zero-order valence-corrected chi connectivity index (χ0v) is 13.1. The highest BCUT2D eigenvalue weighted by molar-refractivity contribution is 7.91. The molecule has 1 saturated heterocycles. The maximum absolute atomic E-state index is 11.3. The monoisotopic (exact) mass is 342 g/mol. The van der Waals surface area contributed by atoms with Gasteiger partial charge in [0.15, 0.2) is 14.9 Å². The second-order valence-corrected chi connectivity index (χ2v) is 7.43. The maximum atomic E-state index is 11.3. The molecule has 1 aromatic carbocycles. The Labute approximate surface area is 132 Å². The van der Waals surface area contributed by atoms with Gasteiger partial charge in [0, 0.05) is 23.7 Å². The molecule has 1 aromatic rings. The summed E-state index contributed by atoms with van der Waals surface area (Å²) in [5, 5.41) is 17.6. The zero-order valence-electron chi connectivity index (χ0n) is 11.4. The summed E-state index contributed by atoms with van der Waals surface area (Å²) in [5.41, 5.74) is 3.08. The van der Waals surface area contributed by atoms with E-state index in [2.05, 4.69) is 15.8 Å². The predicted octanol–water partition coefficient (Wildman–Crippen LogP) is 0.580. The van der Waals surface area contributed by atoms with Gasteiger partial charge in [-0.15, -0.1) is 0 Å². The van der Waals surface area contributed by atoms with Gasteiger partial charge in [-0.05, 0) is 18.6 Å². The van der Waals surface area contributed by atoms with Gasteiger partial charge in [-0.25, -0.2) is 8.42 Å². The molecule has 0 aliphatic carbocycles. The van der Waals surface area contributed by atoms with Crippen LogP contribution in [-0.4, -0.2) is 42.2 Å². The number of nitrogens with zero attached hydrogens (tertiary/aromatic N) is 2. The van der Waals surface area contributed by atoms with Crippen molar-refractivity contribution in [3.8, 4) is 0 Å². The Morgan fingerprint density at radius 1 is 1.50 bits per heavy atom. The van der Waals surface area contributed by atoms with Crippen LogP contribution in [0.3, 0.4) is 0 Å². The van der Waals surface area contributed by atoms with Gasteiger partial charge < -0.3 is 5.32 Å². The lowest BCUT2D eigenvalue weighted by atomic mass is 10.2. The van der Waals surface area contributed by atoms with Gasteiger partial charge in [-0.2, -0.15) is 5.10 Å². The first-order valence-electron chi connectivity index (χ1n) is 6.40. The van der Waals surface area contributed by atoms with Crippen LogP contribution in [0.1, 0.15) is 12.0 Å². The van der Waals surface area contributed by atoms with E-state index in [-0.39, 0.29) is 28.3 Å². The number of non-ortho nitro benzene ring substituents is 1. The number of hydrazone groups is 1. The van der Waals surface area contributed by atoms with E-state index in [0.717, 1.165) is 0 Å². The van der Waals surface area contributed by atoms with E-state index in [1.165, 1.54) is 18.3 Å². The number of nitro benzene ring substituents is 1. The molecule has 1 fully saturated rings. The lowest BCUT2D eigenvalue weighted by molar-refractivity contribution is -0.384. The van der Waals surface area contributed by atoms with E-state index in [4.69, 9.17) is 12.2 Å². The summed E-state index contributed by atoms with van der Waals surface area (Å²) < 4.78 is 22.6. The van der Waals surface area contributed by atoms with Crippen molar-refractivity contribution in [2.24, 2.45) is 5.10 Å². The van der Waals surface area contributed by atoms with Crippen molar-refractivity contribution in [1.82, 2.24) is 10.7 Å². The van der Waals surface area contributed by atoms with Gasteiger partial charge in [-0.3, -0.25) is 15.5 Å². The quantitative estimate of drug-likeness (QED) is 0.356. The molecule has 0 saturated carbocycles. The largest absolute Gasteiger partial charge is 0.358 e. The molecule has 0 radical (unpaired) electrons. The fourth-order valence-corrected chi connectivity index (χ4v) is 3.90.